The van der Waals surface area contributed by atoms with Gasteiger partial charge in [-0.05, 0) is 11.5 Å². The number of aromatic nitrogens is 1. The molecule has 1 heterocycles. The molecule has 0 aliphatic heterocycles. The lowest BCUT2D eigenvalue weighted by Gasteiger charge is -1.95. The lowest BCUT2D eigenvalue weighted by Crippen LogP contribution is -2.20. The van der Waals surface area contributed by atoms with Gasteiger partial charge in [0.1, 0.15) is 9.90 Å². The van der Waals surface area contributed by atoms with Gasteiger partial charge in [-0.3, -0.25) is 4.79 Å². The number of nitrogens with zero attached hydrogens (tertiary/aromatic N) is 2. The number of hydrogen-bond acceptors (Lipinski definition) is 4. The summed E-state index contributed by atoms with van der Waals surface area (Å²) in [5.74, 6) is -0.362. The van der Waals surface area contributed by atoms with Gasteiger partial charge in [-0.1, -0.05) is 23.2 Å². The average Bonchev–Trinajstić information content (AvgIpc) is 2.49. The topological polar surface area (TPSA) is 65.8 Å². The molecule has 0 bridgehead atoms. The minimum absolute atomic E-state index is 0.0324. The monoisotopic (exact) mass is 285 g/mol. The molecule has 0 aliphatic rings. The molecule has 0 unspecified atom stereocenters. The quantitative estimate of drug-likeness (QED) is 0.671. The van der Waals surface area contributed by atoms with Crippen LogP contribution in [-0.2, 0) is 0 Å². The summed E-state index contributed by atoms with van der Waals surface area (Å²) in [6.45, 7) is 1.43. The lowest BCUT2D eigenvalue weighted by molar-refractivity contribution is 0.0964. The number of nitriles is 1. The standard InChI is InChI=1S/C5H3Cl3N2OS.C2H3N/c6-1-9-5(11)3-2(7)4(8)10-12-3;1-2-3/h1H2,(H,9,11);1H3. The lowest BCUT2D eigenvalue weighted by atomic mass is 10.4. The highest BCUT2D eigenvalue weighted by atomic mass is 35.5. The minimum Gasteiger partial charge on any atom is -0.338 e. The maximum absolute atomic E-state index is 11.1. The van der Waals surface area contributed by atoms with Gasteiger partial charge in [-0.2, -0.15) is 9.64 Å². The second-order valence-electron chi connectivity index (χ2n) is 1.98. The van der Waals surface area contributed by atoms with Crippen LogP contribution in [-0.4, -0.2) is 16.3 Å². The molecule has 4 nitrogen and oxygen atoms in total. The van der Waals surface area contributed by atoms with Gasteiger partial charge in [0.2, 0.25) is 0 Å². The SMILES string of the molecule is CC#N.O=C(NCCl)c1snc(Cl)c1Cl. The highest BCUT2D eigenvalue weighted by molar-refractivity contribution is 7.09. The predicted octanol–water partition coefficient (Wildman–Crippen LogP) is 2.91. The first kappa shape index (κ1) is 14.5. The van der Waals surface area contributed by atoms with Crippen molar-refractivity contribution >= 4 is 52.2 Å². The zero-order valence-electron chi connectivity index (χ0n) is 7.55. The minimum atomic E-state index is -0.362. The highest BCUT2D eigenvalue weighted by Crippen LogP contribution is 2.28. The Kier molecular flexibility index (Phi) is 7.44. The van der Waals surface area contributed by atoms with Crippen LogP contribution in [0, 0.1) is 11.3 Å². The molecule has 0 aromatic carbocycles. The van der Waals surface area contributed by atoms with Gasteiger partial charge in [0, 0.05) is 6.92 Å². The van der Waals surface area contributed by atoms with Crippen molar-refractivity contribution < 1.29 is 4.79 Å². The number of amides is 1. The largest absolute Gasteiger partial charge is 0.338 e. The molecule has 1 aromatic heterocycles. The number of carbonyl (C=O) groups excluding carboxylic acids is 1. The number of alkyl halides is 1. The second kappa shape index (κ2) is 7.71. The third-order valence-electron chi connectivity index (χ3n) is 1.03. The van der Waals surface area contributed by atoms with Crippen molar-refractivity contribution in [3.63, 3.8) is 0 Å². The van der Waals surface area contributed by atoms with Gasteiger partial charge < -0.3 is 5.32 Å². The van der Waals surface area contributed by atoms with Gasteiger partial charge in [-0.25, -0.2) is 0 Å². The Morgan fingerprint density at radius 3 is 2.53 bits per heavy atom. The number of halogens is 3. The fourth-order valence-corrected chi connectivity index (χ4v) is 1.79. The van der Waals surface area contributed by atoms with E-state index in [2.05, 4.69) is 9.69 Å². The van der Waals surface area contributed by atoms with Crippen LogP contribution < -0.4 is 5.32 Å². The molecule has 0 radical (unpaired) electrons. The molecule has 1 aromatic rings. The zero-order chi connectivity index (χ0) is 11.8. The van der Waals surface area contributed by atoms with E-state index in [0.29, 0.717) is 0 Å². The highest BCUT2D eigenvalue weighted by Gasteiger charge is 2.16. The van der Waals surface area contributed by atoms with Crippen molar-refractivity contribution in [2.24, 2.45) is 0 Å². The van der Waals surface area contributed by atoms with Gasteiger partial charge in [0.25, 0.3) is 5.91 Å². The molecule has 0 atom stereocenters. The van der Waals surface area contributed by atoms with E-state index in [4.69, 9.17) is 40.1 Å². The van der Waals surface area contributed by atoms with E-state index < -0.39 is 0 Å². The summed E-state index contributed by atoms with van der Waals surface area (Å²) in [5.41, 5.74) is 0. The Labute approximate surface area is 106 Å². The van der Waals surface area contributed by atoms with Gasteiger partial charge in [-0.15, -0.1) is 11.6 Å². The van der Waals surface area contributed by atoms with Crippen LogP contribution in [0.5, 0.6) is 0 Å². The molecule has 1 rings (SSSR count). The normalized spacial score (nSPS) is 8.47. The second-order valence-corrected chi connectivity index (χ2v) is 3.76. The molecule has 0 fully saturated rings. The molecule has 82 valence electrons. The molecular formula is C7H6Cl3N3OS. The van der Waals surface area contributed by atoms with E-state index in [1.54, 1.807) is 6.07 Å². The predicted molar refractivity (Wildman–Crippen MR) is 61.6 cm³/mol. The van der Waals surface area contributed by atoms with E-state index in [1.165, 1.54) is 6.92 Å². The molecule has 1 amide bonds. The van der Waals surface area contributed by atoms with E-state index >= 15 is 0 Å². The summed E-state index contributed by atoms with van der Waals surface area (Å²) in [7, 11) is 0. The number of rotatable bonds is 2. The average molecular weight is 287 g/mol. The third-order valence-corrected chi connectivity index (χ3v) is 2.96. The van der Waals surface area contributed by atoms with Crippen LogP contribution >= 0.6 is 46.3 Å². The van der Waals surface area contributed by atoms with E-state index in [-0.39, 0.29) is 27.0 Å². The van der Waals surface area contributed by atoms with Crippen LogP contribution in [0.25, 0.3) is 0 Å². The molecule has 1 N–H and O–H groups in total. The van der Waals surface area contributed by atoms with E-state index in [9.17, 15) is 4.79 Å². The molecule has 0 saturated heterocycles. The van der Waals surface area contributed by atoms with Crippen LogP contribution in [0.3, 0.4) is 0 Å². The molecule has 8 heteroatoms. The van der Waals surface area contributed by atoms with E-state index in [0.717, 1.165) is 11.5 Å². The molecule has 0 aliphatic carbocycles. The van der Waals surface area contributed by atoms with Crippen LogP contribution in [0.2, 0.25) is 10.2 Å². The Morgan fingerprint density at radius 1 is 1.67 bits per heavy atom. The molecule has 0 saturated carbocycles. The Morgan fingerprint density at radius 2 is 2.20 bits per heavy atom. The Bertz CT molecular complexity index is 374. The molecule has 15 heavy (non-hydrogen) atoms. The Balaban J connectivity index is 0.000000583. The molecule has 0 spiro atoms. The van der Waals surface area contributed by atoms with Crippen LogP contribution in [0.4, 0.5) is 0 Å². The van der Waals surface area contributed by atoms with Crippen molar-refractivity contribution in [1.29, 1.82) is 5.26 Å². The summed E-state index contributed by atoms with van der Waals surface area (Å²) in [4.78, 5) is 11.4. The van der Waals surface area contributed by atoms with Crippen LogP contribution in [0.15, 0.2) is 0 Å². The maximum atomic E-state index is 11.1. The van der Waals surface area contributed by atoms with Crippen LogP contribution in [0.1, 0.15) is 16.6 Å². The summed E-state index contributed by atoms with van der Waals surface area (Å²) < 4.78 is 3.69. The smallest absolute Gasteiger partial charge is 0.265 e. The number of carbonyl (C=O) groups is 1. The van der Waals surface area contributed by atoms with Crippen molar-refractivity contribution in [2.75, 3.05) is 6.00 Å². The van der Waals surface area contributed by atoms with Crippen molar-refractivity contribution in [1.82, 2.24) is 9.69 Å². The zero-order valence-corrected chi connectivity index (χ0v) is 10.6. The Hall–Kier alpha value is -0.540. The van der Waals surface area contributed by atoms with Crippen molar-refractivity contribution in [3.05, 3.63) is 15.1 Å². The van der Waals surface area contributed by atoms with Gasteiger partial charge in [0.05, 0.1) is 12.1 Å². The number of nitrogens with one attached hydrogen (secondary N) is 1. The first-order valence-electron chi connectivity index (χ1n) is 3.54. The first-order chi connectivity index (χ1) is 7.08. The van der Waals surface area contributed by atoms with Gasteiger partial charge in [0.15, 0.2) is 5.15 Å². The van der Waals surface area contributed by atoms with E-state index in [1.807, 2.05) is 0 Å². The molecular weight excluding hydrogens is 281 g/mol. The fourth-order valence-electron chi connectivity index (χ4n) is 0.542. The first-order valence-corrected chi connectivity index (χ1v) is 5.60. The summed E-state index contributed by atoms with van der Waals surface area (Å²) in [6.07, 6.45) is 0. The number of hydrogen-bond donors (Lipinski definition) is 1. The summed E-state index contributed by atoms with van der Waals surface area (Å²) in [5, 5.41) is 10.0. The van der Waals surface area contributed by atoms with Gasteiger partial charge >= 0.3 is 0 Å². The third kappa shape index (κ3) is 4.67. The summed E-state index contributed by atoms with van der Waals surface area (Å²) in [6, 6.07) is 1.78. The van der Waals surface area contributed by atoms with Crippen molar-refractivity contribution in [2.45, 2.75) is 6.92 Å². The fraction of sp³-hybridized carbons (Fsp3) is 0.286. The summed E-state index contributed by atoms with van der Waals surface area (Å²) >= 11 is 17.4. The van der Waals surface area contributed by atoms with Crippen molar-refractivity contribution in [3.8, 4) is 6.07 Å². The maximum Gasteiger partial charge on any atom is 0.265 e.